The van der Waals surface area contributed by atoms with E-state index < -0.39 is 0 Å². The zero-order valence-electron chi connectivity index (χ0n) is 12.2. The lowest BCUT2D eigenvalue weighted by Crippen LogP contribution is -2.25. The molecule has 0 spiro atoms. The summed E-state index contributed by atoms with van der Waals surface area (Å²) in [6, 6.07) is 7.97. The van der Waals surface area contributed by atoms with Crippen molar-refractivity contribution in [2.75, 3.05) is 0 Å². The Morgan fingerprint density at radius 2 is 2.00 bits per heavy atom. The molecule has 108 valence electrons. The van der Waals surface area contributed by atoms with Gasteiger partial charge in [-0.1, -0.05) is 20.3 Å². The van der Waals surface area contributed by atoms with Crippen LogP contribution in [0.4, 0.5) is 0 Å². The maximum Gasteiger partial charge on any atom is 0.240 e. The van der Waals surface area contributed by atoms with Crippen molar-refractivity contribution in [2.24, 2.45) is 5.10 Å². The molecule has 1 aliphatic rings. The molecule has 1 amide bonds. The van der Waals surface area contributed by atoms with E-state index in [4.69, 9.17) is 4.74 Å². The Bertz CT molecular complexity index is 480. The van der Waals surface area contributed by atoms with Gasteiger partial charge in [-0.3, -0.25) is 4.79 Å². The van der Waals surface area contributed by atoms with E-state index in [2.05, 4.69) is 24.4 Å². The van der Waals surface area contributed by atoms with Gasteiger partial charge in [0, 0.05) is 12.8 Å². The SMILES string of the molecule is CCCC(CC)Oc1ccc(C2=NNC(=O)CC2)cc1. The van der Waals surface area contributed by atoms with Crippen LogP contribution in [0.1, 0.15) is 51.5 Å². The van der Waals surface area contributed by atoms with Gasteiger partial charge in [-0.05, 0) is 42.7 Å². The Morgan fingerprint density at radius 3 is 2.55 bits per heavy atom. The minimum atomic E-state index is -0.0148. The quantitative estimate of drug-likeness (QED) is 0.865. The molecular weight excluding hydrogens is 252 g/mol. The second-order valence-corrected chi connectivity index (χ2v) is 5.05. The van der Waals surface area contributed by atoms with Crippen LogP contribution in [0.3, 0.4) is 0 Å². The monoisotopic (exact) mass is 274 g/mol. The van der Waals surface area contributed by atoms with E-state index in [1.165, 1.54) is 0 Å². The molecule has 0 fully saturated rings. The van der Waals surface area contributed by atoms with Crippen LogP contribution in [0.25, 0.3) is 0 Å². The number of amides is 1. The molecule has 1 aromatic carbocycles. The van der Waals surface area contributed by atoms with Crippen molar-refractivity contribution >= 4 is 11.6 Å². The molecule has 4 heteroatoms. The van der Waals surface area contributed by atoms with Crippen LogP contribution in [0.15, 0.2) is 29.4 Å². The molecule has 0 aliphatic carbocycles. The number of nitrogens with zero attached hydrogens (tertiary/aromatic N) is 1. The van der Waals surface area contributed by atoms with Gasteiger partial charge >= 0.3 is 0 Å². The van der Waals surface area contributed by atoms with Crippen LogP contribution in [0.2, 0.25) is 0 Å². The number of hydrogen-bond acceptors (Lipinski definition) is 3. The fourth-order valence-corrected chi connectivity index (χ4v) is 2.27. The number of hydrogen-bond donors (Lipinski definition) is 1. The van der Waals surface area contributed by atoms with Crippen LogP contribution < -0.4 is 10.2 Å². The minimum Gasteiger partial charge on any atom is -0.490 e. The van der Waals surface area contributed by atoms with Gasteiger partial charge in [-0.15, -0.1) is 0 Å². The molecular formula is C16H22N2O2. The molecule has 0 bridgehead atoms. The molecule has 20 heavy (non-hydrogen) atoms. The highest BCUT2D eigenvalue weighted by Gasteiger charge is 2.13. The third-order valence-corrected chi connectivity index (χ3v) is 3.46. The molecule has 1 aliphatic heterocycles. The second kappa shape index (κ2) is 7.08. The third kappa shape index (κ3) is 3.83. The van der Waals surface area contributed by atoms with Gasteiger partial charge in [0.2, 0.25) is 5.91 Å². The number of benzene rings is 1. The fraction of sp³-hybridized carbons (Fsp3) is 0.500. The lowest BCUT2D eigenvalue weighted by Gasteiger charge is -2.17. The topological polar surface area (TPSA) is 50.7 Å². The van der Waals surface area contributed by atoms with E-state index in [1.54, 1.807) is 0 Å². The van der Waals surface area contributed by atoms with Crippen molar-refractivity contribution < 1.29 is 9.53 Å². The molecule has 1 aromatic rings. The summed E-state index contributed by atoms with van der Waals surface area (Å²) in [7, 11) is 0. The molecule has 0 saturated carbocycles. The van der Waals surface area contributed by atoms with Crippen LogP contribution in [0, 0.1) is 0 Å². The van der Waals surface area contributed by atoms with Gasteiger partial charge in [0.1, 0.15) is 5.75 Å². The molecule has 1 N–H and O–H groups in total. The van der Waals surface area contributed by atoms with Gasteiger partial charge < -0.3 is 4.74 Å². The number of carbonyl (C=O) groups is 1. The van der Waals surface area contributed by atoms with Crippen molar-refractivity contribution in [3.05, 3.63) is 29.8 Å². The van der Waals surface area contributed by atoms with Gasteiger partial charge in [0.15, 0.2) is 0 Å². The van der Waals surface area contributed by atoms with E-state index >= 15 is 0 Å². The van der Waals surface area contributed by atoms with E-state index in [0.29, 0.717) is 12.8 Å². The highest BCUT2D eigenvalue weighted by molar-refractivity contribution is 6.04. The highest BCUT2D eigenvalue weighted by atomic mass is 16.5. The summed E-state index contributed by atoms with van der Waals surface area (Å²) in [4.78, 5) is 11.1. The summed E-state index contributed by atoms with van der Waals surface area (Å²) < 4.78 is 5.95. The van der Waals surface area contributed by atoms with Gasteiger partial charge in [-0.25, -0.2) is 5.43 Å². The molecule has 1 atom stereocenters. The second-order valence-electron chi connectivity index (χ2n) is 5.05. The fourth-order valence-electron chi connectivity index (χ4n) is 2.27. The predicted octanol–water partition coefficient (Wildman–Crippen LogP) is 3.26. The molecule has 0 saturated heterocycles. The molecule has 1 unspecified atom stereocenters. The molecule has 2 rings (SSSR count). The molecule has 4 nitrogen and oxygen atoms in total. The molecule has 0 radical (unpaired) electrons. The van der Waals surface area contributed by atoms with Crippen LogP contribution in [-0.4, -0.2) is 17.7 Å². The summed E-state index contributed by atoms with van der Waals surface area (Å²) in [5, 5.41) is 4.09. The summed E-state index contributed by atoms with van der Waals surface area (Å²) in [5.74, 6) is 0.883. The van der Waals surface area contributed by atoms with E-state index in [-0.39, 0.29) is 12.0 Å². The van der Waals surface area contributed by atoms with Crippen LogP contribution >= 0.6 is 0 Å². The predicted molar refractivity (Wildman–Crippen MR) is 80.0 cm³/mol. The highest BCUT2D eigenvalue weighted by Crippen LogP contribution is 2.19. The average molecular weight is 274 g/mol. The third-order valence-electron chi connectivity index (χ3n) is 3.46. The number of rotatable bonds is 6. The zero-order chi connectivity index (χ0) is 14.4. The van der Waals surface area contributed by atoms with E-state index in [9.17, 15) is 4.79 Å². The van der Waals surface area contributed by atoms with Crippen molar-refractivity contribution in [2.45, 2.75) is 52.1 Å². The van der Waals surface area contributed by atoms with E-state index in [1.807, 2.05) is 24.3 Å². The van der Waals surface area contributed by atoms with E-state index in [0.717, 1.165) is 36.3 Å². The molecule has 1 heterocycles. The lowest BCUT2D eigenvalue weighted by atomic mass is 10.0. The smallest absolute Gasteiger partial charge is 0.240 e. The zero-order valence-corrected chi connectivity index (χ0v) is 12.2. The maximum absolute atomic E-state index is 11.1. The number of nitrogens with one attached hydrogen (secondary N) is 1. The summed E-state index contributed by atoms with van der Waals surface area (Å²) in [5.41, 5.74) is 4.49. The minimum absolute atomic E-state index is 0.0148. The number of ether oxygens (including phenoxy) is 1. The van der Waals surface area contributed by atoms with Crippen molar-refractivity contribution in [3.8, 4) is 5.75 Å². The van der Waals surface area contributed by atoms with Crippen LogP contribution in [-0.2, 0) is 4.79 Å². The first-order chi connectivity index (χ1) is 9.72. The average Bonchev–Trinajstić information content (AvgIpc) is 2.48. The standard InChI is InChI=1S/C16H22N2O2/c1-3-5-13(4-2)20-14-8-6-12(7-9-14)15-10-11-16(19)18-17-15/h6-9,13H,3-5,10-11H2,1-2H3,(H,18,19). The number of hydrazone groups is 1. The van der Waals surface area contributed by atoms with Crippen LogP contribution in [0.5, 0.6) is 5.75 Å². The summed E-state index contributed by atoms with van der Waals surface area (Å²) in [6.07, 6.45) is 4.72. The Hall–Kier alpha value is -1.84. The Morgan fingerprint density at radius 1 is 1.25 bits per heavy atom. The first-order valence-electron chi connectivity index (χ1n) is 7.35. The van der Waals surface area contributed by atoms with Gasteiger partial charge in [0.05, 0.1) is 11.8 Å². The first kappa shape index (κ1) is 14.6. The largest absolute Gasteiger partial charge is 0.490 e. The van der Waals surface area contributed by atoms with Crippen molar-refractivity contribution in [3.63, 3.8) is 0 Å². The van der Waals surface area contributed by atoms with Crippen molar-refractivity contribution in [1.82, 2.24) is 5.43 Å². The summed E-state index contributed by atoms with van der Waals surface area (Å²) in [6.45, 7) is 4.32. The van der Waals surface area contributed by atoms with Gasteiger partial charge in [0.25, 0.3) is 0 Å². The maximum atomic E-state index is 11.1. The number of carbonyl (C=O) groups excluding carboxylic acids is 1. The van der Waals surface area contributed by atoms with Gasteiger partial charge in [-0.2, -0.15) is 5.10 Å². The molecule has 0 aromatic heterocycles. The summed E-state index contributed by atoms with van der Waals surface area (Å²) >= 11 is 0. The first-order valence-corrected chi connectivity index (χ1v) is 7.35. The Kier molecular flexibility index (Phi) is 5.16. The Balaban J connectivity index is 2.01. The Labute approximate surface area is 120 Å². The normalized spacial score (nSPS) is 16.3. The lowest BCUT2D eigenvalue weighted by molar-refractivity contribution is -0.121. The van der Waals surface area contributed by atoms with Crippen molar-refractivity contribution in [1.29, 1.82) is 0 Å².